The molecule has 2 saturated heterocycles. The standard InChI is InChI=1S/C27H41N3O3/c31-24-22-5-1-2-6-23(22)25(32)30(24)8-4-3-7-28-9-11-29(12-10-28)26(33)27-16-19-13-20(17-27)15-21(14-19)18-27/h19-23H,1-18H2. The number of fused-ring (bicyclic) bond motifs is 1. The van der Waals surface area contributed by atoms with Crippen molar-refractivity contribution in [1.82, 2.24) is 14.7 Å². The highest BCUT2D eigenvalue weighted by Crippen LogP contribution is 2.60. The fourth-order valence-electron chi connectivity index (χ4n) is 8.94. The first-order valence-corrected chi connectivity index (χ1v) is 13.9. The number of imide groups is 1. The number of rotatable bonds is 6. The normalized spacial score (nSPS) is 40.5. The number of likely N-dealkylation sites (tertiary alicyclic amines) is 1. The molecule has 0 aromatic carbocycles. The molecule has 2 atom stereocenters. The number of nitrogens with zero attached hydrogens (tertiary/aromatic N) is 3. The van der Waals surface area contributed by atoms with Gasteiger partial charge in [-0.25, -0.2) is 0 Å². The van der Waals surface area contributed by atoms with E-state index in [0.29, 0.717) is 12.5 Å². The fourth-order valence-corrected chi connectivity index (χ4v) is 8.94. The first-order chi connectivity index (χ1) is 16.0. The van der Waals surface area contributed by atoms with E-state index in [1.165, 1.54) is 19.3 Å². The Morgan fingerprint density at radius 1 is 0.758 bits per heavy atom. The molecule has 0 aromatic heterocycles. The summed E-state index contributed by atoms with van der Waals surface area (Å²) in [6.07, 6.45) is 13.5. The predicted octanol–water partition coefficient (Wildman–Crippen LogP) is 3.30. The molecular weight excluding hydrogens is 414 g/mol. The van der Waals surface area contributed by atoms with Gasteiger partial charge in [0.05, 0.1) is 17.3 Å². The van der Waals surface area contributed by atoms with Crippen LogP contribution in [0.1, 0.15) is 77.0 Å². The molecule has 182 valence electrons. The molecule has 7 aliphatic rings. The molecule has 5 saturated carbocycles. The van der Waals surface area contributed by atoms with E-state index in [-0.39, 0.29) is 29.1 Å². The maximum Gasteiger partial charge on any atom is 0.233 e. The van der Waals surface area contributed by atoms with Crippen LogP contribution in [-0.4, -0.2) is 71.7 Å². The molecule has 0 spiro atoms. The monoisotopic (exact) mass is 455 g/mol. The Morgan fingerprint density at radius 3 is 1.82 bits per heavy atom. The van der Waals surface area contributed by atoms with Gasteiger partial charge in [-0.15, -0.1) is 0 Å². The summed E-state index contributed by atoms with van der Waals surface area (Å²) in [7, 11) is 0. The third-order valence-electron chi connectivity index (χ3n) is 10.2. The van der Waals surface area contributed by atoms with E-state index in [4.69, 9.17) is 0 Å². The molecule has 7 fully saturated rings. The molecule has 6 heteroatoms. The minimum Gasteiger partial charge on any atom is -0.340 e. The van der Waals surface area contributed by atoms with Crippen molar-refractivity contribution < 1.29 is 14.4 Å². The molecule has 0 N–H and O–H groups in total. The molecule has 6 nitrogen and oxygen atoms in total. The predicted molar refractivity (Wildman–Crippen MR) is 125 cm³/mol. The van der Waals surface area contributed by atoms with Crippen molar-refractivity contribution >= 4 is 17.7 Å². The van der Waals surface area contributed by atoms with E-state index in [1.807, 2.05) is 0 Å². The minimum absolute atomic E-state index is 0.0110. The Morgan fingerprint density at radius 2 is 1.27 bits per heavy atom. The number of carbonyl (C=O) groups is 3. The SMILES string of the molecule is O=C1C2CCCCC2C(=O)N1CCCCN1CCN(C(=O)C23CC4CC(CC(C4)C2)C3)CC1. The van der Waals surface area contributed by atoms with Gasteiger partial charge < -0.3 is 4.90 Å². The largest absolute Gasteiger partial charge is 0.340 e. The van der Waals surface area contributed by atoms with Crippen LogP contribution in [-0.2, 0) is 14.4 Å². The smallest absolute Gasteiger partial charge is 0.233 e. The zero-order valence-corrected chi connectivity index (χ0v) is 20.2. The van der Waals surface area contributed by atoms with Crippen LogP contribution >= 0.6 is 0 Å². The lowest BCUT2D eigenvalue weighted by Gasteiger charge is -2.57. The van der Waals surface area contributed by atoms with Gasteiger partial charge in [-0.3, -0.25) is 24.2 Å². The van der Waals surface area contributed by atoms with Crippen molar-refractivity contribution in [2.75, 3.05) is 39.3 Å². The highest BCUT2D eigenvalue weighted by atomic mass is 16.2. The van der Waals surface area contributed by atoms with Crippen LogP contribution in [0.5, 0.6) is 0 Å². The lowest BCUT2D eigenvalue weighted by molar-refractivity contribution is -0.159. The number of hydrogen-bond acceptors (Lipinski definition) is 4. The summed E-state index contributed by atoms with van der Waals surface area (Å²) in [5.74, 6) is 3.09. The van der Waals surface area contributed by atoms with Crippen LogP contribution < -0.4 is 0 Å². The summed E-state index contributed by atoms with van der Waals surface area (Å²) in [5, 5.41) is 0. The van der Waals surface area contributed by atoms with Crippen molar-refractivity contribution in [3.05, 3.63) is 0 Å². The Hall–Kier alpha value is -1.43. The second-order valence-electron chi connectivity index (χ2n) is 12.4. The lowest BCUT2D eigenvalue weighted by atomic mass is 9.49. The summed E-state index contributed by atoms with van der Waals surface area (Å²) in [4.78, 5) is 45.1. The van der Waals surface area contributed by atoms with Crippen molar-refractivity contribution in [2.24, 2.45) is 35.0 Å². The summed E-state index contributed by atoms with van der Waals surface area (Å²) in [5.41, 5.74) is -0.0110. The highest BCUT2D eigenvalue weighted by Gasteiger charge is 2.55. The molecule has 4 bridgehead atoms. The number of unbranched alkanes of at least 4 members (excludes halogenated alkanes) is 1. The van der Waals surface area contributed by atoms with Crippen LogP contribution in [0.4, 0.5) is 0 Å². The second-order valence-corrected chi connectivity index (χ2v) is 12.4. The molecule has 2 heterocycles. The zero-order chi connectivity index (χ0) is 22.6. The minimum atomic E-state index is -0.0224. The molecule has 5 aliphatic carbocycles. The van der Waals surface area contributed by atoms with Crippen molar-refractivity contribution in [1.29, 1.82) is 0 Å². The quantitative estimate of drug-likeness (QED) is 0.455. The van der Waals surface area contributed by atoms with E-state index in [2.05, 4.69) is 9.80 Å². The third-order valence-corrected chi connectivity index (χ3v) is 10.2. The molecule has 2 aliphatic heterocycles. The molecule has 2 unspecified atom stereocenters. The molecular formula is C27H41N3O3. The number of carbonyl (C=O) groups excluding carboxylic acids is 3. The highest BCUT2D eigenvalue weighted by molar-refractivity contribution is 6.05. The number of piperazine rings is 1. The number of amides is 3. The summed E-state index contributed by atoms with van der Waals surface area (Å²) < 4.78 is 0. The van der Waals surface area contributed by atoms with E-state index in [0.717, 1.165) is 108 Å². The number of hydrogen-bond donors (Lipinski definition) is 0. The molecule has 0 aromatic rings. The second kappa shape index (κ2) is 8.66. The maximum absolute atomic E-state index is 13.6. The topological polar surface area (TPSA) is 60.9 Å². The third kappa shape index (κ3) is 3.94. The summed E-state index contributed by atoms with van der Waals surface area (Å²) >= 11 is 0. The van der Waals surface area contributed by atoms with Gasteiger partial charge in [-0.1, -0.05) is 12.8 Å². The first-order valence-electron chi connectivity index (χ1n) is 13.9. The van der Waals surface area contributed by atoms with E-state index in [1.54, 1.807) is 4.90 Å². The van der Waals surface area contributed by atoms with E-state index in [9.17, 15) is 14.4 Å². The molecule has 7 rings (SSSR count). The first kappa shape index (κ1) is 22.1. The Balaban J connectivity index is 0.940. The van der Waals surface area contributed by atoms with Gasteiger partial charge in [0, 0.05) is 32.7 Å². The zero-order valence-electron chi connectivity index (χ0n) is 20.2. The van der Waals surface area contributed by atoms with Gasteiger partial charge >= 0.3 is 0 Å². The Labute approximate surface area is 198 Å². The van der Waals surface area contributed by atoms with Crippen LogP contribution in [0, 0.1) is 35.0 Å². The Kier molecular flexibility index (Phi) is 5.79. The summed E-state index contributed by atoms with van der Waals surface area (Å²) in [6, 6.07) is 0. The molecule has 33 heavy (non-hydrogen) atoms. The van der Waals surface area contributed by atoms with Crippen LogP contribution in [0.2, 0.25) is 0 Å². The van der Waals surface area contributed by atoms with Gasteiger partial charge in [0.2, 0.25) is 17.7 Å². The van der Waals surface area contributed by atoms with E-state index >= 15 is 0 Å². The van der Waals surface area contributed by atoms with E-state index < -0.39 is 0 Å². The van der Waals surface area contributed by atoms with Crippen molar-refractivity contribution in [3.8, 4) is 0 Å². The van der Waals surface area contributed by atoms with Gasteiger partial charge in [-0.05, 0) is 88.5 Å². The average molecular weight is 456 g/mol. The lowest BCUT2D eigenvalue weighted by Crippen LogP contribution is -2.58. The van der Waals surface area contributed by atoms with Gasteiger partial charge in [-0.2, -0.15) is 0 Å². The summed E-state index contributed by atoms with van der Waals surface area (Å²) in [6.45, 7) is 5.26. The van der Waals surface area contributed by atoms with Crippen molar-refractivity contribution in [2.45, 2.75) is 77.0 Å². The van der Waals surface area contributed by atoms with Gasteiger partial charge in [0.15, 0.2) is 0 Å². The van der Waals surface area contributed by atoms with Gasteiger partial charge in [0.25, 0.3) is 0 Å². The molecule has 0 radical (unpaired) electrons. The van der Waals surface area contributed by atoms with Crippen molar-refractivity contribution in [3.63, 3.8) is 0 Å². The maximum atomic E-state index is 13.6. The molecule has 3 amide bonds. The Bertz CT molecular complexity index is 743. The van der Waals surface area contributed by atoms with Crippen LogP contribution in [0.15, 0.2) is 0 Å². The van der Waals surface area contributed by atoms with Gasteiger partial charge in [0.1, 0.15) is 0 Å². The average Bonchev–Trinajstić information content (AvgIpc) is 3.06. The van der Waals surface area contributed by atoms with Crippen LogP contribution in [0.25, 0.3) is 0 Å². The van der Waals surface area contributed by atoms with Crippen LogP contribution in [0.3, 0.4) is 0 Å². The fraction of sp³-hybridized carbons (Fsp3) is 0.889.